The first kappa shape index (κ1) is 28.6. The summed E-state index contributed by atoms with van der Waals surface area (Å²) in [5, 5.41) is 7.64. The zero-order valence-corrected chi connectivity index (χ0v) is 23.2. The van der Waals surface area contributed by atoms with E-state index in [1.54, 1.807) is 23.1 Å². The van der Waals surface area contributed by atoms with Crippen molar-refractivity contribution in [3.63, 3.8) is 0 Å². The minimum Gasteiger partial charge on any atom is -0.358 e. The molecule has 1 aromatic heterocycles. The van der Waals surface area contributed by atoms with E-state index in [4.69, 9.17) is 27.7 Å². The molecular formula is C24H35Cl2N5O4S. The van der Waals surface area contributed by atoms with Crippen molar-refractivity contribution < 1.29 is 17.7 Å². The van der Waals surface area contributed by atoms with Crippen LogP contribution < -0.4 is 10.0 Å². The van der Waals surface area contributed by atoms with Crippen LogP contribution in [0.2, 0.25) is 10.0 Å². The van der Waals surface area contributed by atoms with Crippen molar-refractivity contribution in [1.29, 1.82) is 0 Å². The summed E-state index contributed by atoms with van der Waals surface area (Å²) in [5.74, 6) is 0.238. The predicted octanol–water partition coefficient (Wildman–Crippen LogP) is 4.86. The maximum Gasteiger partial charge on any atom is 0.317 e. The van der Waals surface area contributed by atoms with Gasteiger partial charge in [0.2, 0.25) is 10.0 Å². The van der Waals surface area contributed by atoms with Crippen molar-refractivity contribution in [2.75, 3.05) is 49.7 Å². The highest BCUT2D eigenvalue weighted by molar-refractivity contribution is 7.92. The van der Waals surface area contributed by atoms with Gasteiger partial charge >= 0.3 is 6.03 Å². The van der Waals surface area contributed by atoms with Crippen molar-refractivity contribution in [2.45, 2.75) is 46.0 Å². The molecule has 9 nitrogen and oxygen atoms in total. The molecule has 12 heteroatoms. The van der Waals surface area contributed by atoms with E-state index in [0.29, 0.717) is 34.3 Å². The minimum atomic E-state index is -3.71. The van der Waals surface area contributed by atoms with Gasteiger partial charge in [-0.2, -0.15) is 0 Å². The number of anilines is 1. The number of sulfonamides is 1. The molecule has 36 heavy (non-hydrogen) atoms. The number of likely N-dealkylation sites (tertiary alicyclic amines) is 1. The number of benzene rings is 1. The second-order valence-electron chi connectivity index (χ2n) is 8.76. The third-order valence-corrected chi connectivity index (χ3v) is 8.24. The van der Waals surface area contributed by atoms with Crippen LogP contribution in [0.1, 0.15) is 45.3 Å². The van der Waals surface area contributed by atoms with E-state index >= 15 is 0 Å². The fourth-order valence-electron chi connectivity index (χ4n) is 4.21. The largest absolute Gasteiger partial charge is 0.358 e. The number of nitrogens with zero attached hydrogens (tertiary/aromatic N) is 3. The average molecular weight is 561 g/mol. The number of carbonyl (C=O) groups is 1. The van der Waals surface area contributed by atoms with Crippen LogP contribution >= 0.6 is 23.2 Å². The van der Waals surface area contributed by atoms with Gasteiger partial charge in [0.25, 0.3) is 0 Å². The molecule has 2 amide bonds. The molecule has 2 N–H and O–H groups in total. The molecular weight excluding hydrogens is 525 g/mol. The fourth-order valence-corrected chi connectivity index (χ4v) is 5.92. The van der Waals surface area contributed by atoms with Crippen molar-refractivity contribution in [2.24, 2.45) is 0 Å². The van der Waals surface area contributed by atoms with Gasteiger partial charge in [-0.1, -0.05) is 48.3 Å². The number of carbonyl (C=O) groups excluding carboxylic acids is 1. The monoisotopic (exact) mass is 559 g/mol. The number of nitrogens with one attached hydrogen (secondary N) is 2. The van der Waals surface area contributed by atoms with Gasteiger partial charge in [-0.05, 0) is 57.5 Å². The SMILES string of the molecule is CCN(CC)CCCS(=O)(=O)Nc1c(-c2c(Cl)cccc2Cl)noc1CCNC(=O)N1CCCCC1. The number of rotatable bonds is 12. The van der Waals surface area contributed by atoms with Gasteiger partial charge < -0.3 is 19.6 Å². The maximum atomic E-state index is 13.0. The van der Waals surface area contributed by atoms with Crippen LogP contribution in [0.4, 0.5) is 10.5 Å². The molecule has 1 fully saturated rings. The van der Waals surface area contributed by atoms with Gasteiger partial charge in [0.15, 0.2) is 5.76 Å². The molecule has 200 valence electrons. The highest BCUT2D eigenvalue weighted by atomic mass is 35.5. The number of hydrogen-bond acceptors (Lipinski definition) is 6. The highest BCUT2D eigenvalue weighted by Gasteiger charge is 2.26. The smallest absolute Gasteiger partial charge is 0.317 e. The molecule has 1 aromatic carbocycles. The molecule has 3 rings (SSSR count). The van der Waals surface area contributed by atoms with Crippen LogP contribution in [0.15, 0.2) is 22.7 Å². The third kappa shape index (κ3) is 7.74. The van der Waals surface area contributed by atoms with Crippen LogP contribution in [-0.4, -0.2) is 74.4 Å². The number of urea groups is 1. The summed E-state index contributed by atoms with van der Waals surface area (Å²) in [7, 11) is -3.71. The van der Waals surface area contributed by atoms with Gasteiger partial charge in [0.1, 0.15) is 11.4 Å². The first-order valence-electron chi connectivity index (χ1n) is 12.4. The van der Waals surface area contributed by atoms with Crippen molar-refractivity contribution in [3.8, 4) is 11.3 Å². The molecule has 0 atom stereocenters. The molecule has 1 aliphatic heterocycles. The summed E-state index contributed by atoms with van der Waals surface area (Å²) in [6, 6.07) is 4.86. The van der Waals surface area contributed by atoms with E-state index in [9.17, 15) is 13.2 Å². The Kier molecular flexibility index (Phi) is 10.7. The number of amides is 2. The van der Waals surface area contributed by atoms with Gasteiger partial charge in [0.05, 0.1) is 15.8 Å². The van der Waals surface area contributed by atoms with Crippen molar-refractivity contribution in [3.05, 3.63) is 34.0 Å². The van der Waals surface area contributed by atoms with Gasteiger partial charge in [-0.25, -0.2) is 13.2 Å². The second kappa shape index (κ2) is 13.5. The summed E-state index contributed by atoms with van der Waals surface area (Å²) >= 11 is 12.8. The lowest BCUT2D eigenvalue weighted by Gasteiger charge is -2.26. The number of halogens is 2. The standard InChI is InChI=1S/C24H35Cl2N5O4S/c1-3-30(4-2)14-9-17-36(33,34)29-22-20(12-13-27-24(32)31-15-6-5-7-16-31)35-28-23(22)21-18(25)10-8-11-19(21)26/h8,10-11,29H,3-7,9,12-17H2,1-2H3,(H,27,32). The van der Waals surface area contributed by atoms with E-state index < -0.39 is 10.0 Å². The Morgan fingerprint density at radius 1 is 1.14 bits per heavy atom. The summed E-state index contributed by atoms with van der Waals surface area (Å²) in [4.78, 5) is 16.4. The Hall–Kier alpha value is -2.01. The lowest BCUT2D eigenvalue weighted by atomic mass is 10.1. The Morgan fingerprint density at radius 3 is 2.44 bits per heavy atom. The zero-order chi connectivity index (χ0) is 26.1. The van der Waals surface area contributed by atoms with Crippen LogP contribution in [0.25, 0.3) is 11.3 Å². The lowest BCUT2D eigenvalue weighted by molar-refractivity contribution is 0.186. The van der Waals surface area contributed by atoms with Crippen molar-refractivity contribution in [1.82, 2.24) is 20.3 Å². The molecule has 2 heterocycles. The van der Waals surface area contributed by atoms with Crippen molar-refractivity contribution >= 4 is 44.9 Å². The molecule has 2 aromatic rings. The molecule has 0 spiro atoms. The van der Waals surface area contributed by atoms with E-state index in [0.717, 1.165) is 45.4 Å². The van der Waals surface area contributed by atoms with E-state index in [-0.39, 0.29) is 36.1 Å². The normalized spacial score (nSPS) is 14.3. The molecule has 0 unspecified atom stereocenters. The number of piperidine rings is 1. The topological polar surface area (TPSA) is 108 Å². The fraction of sp³-hybridized carbons (Fsp3) is 0.583. The quantitative estimate of drug-likeness (QED) is 0.384. The Morgan fingerprint density at radius 2 is 1.81 bits per heavy atom. The zero-order valence-electron chi connectivity index (χ0n) is 20.9. The average Bonchev–Trinajstić information content (AvgIpc) is 3.23. The first-order valence-corrected chi connectivity index (χ1v) is 14.8. The summed E-state index contributed by atoms with van der Waals surface area (Å²) < 4.78 is 34.2. The summed E-state index contributed by atoms with van der Waals surface area (Å²) in [6.45, 7) is 8.22. The molecule has 1 aliphatic rings. The van der Waals surface area contributed by atoms with Crippen LogP contribution in [0.5, 0.6) is 0 Å². The molecule has 1 saturated heterocycles. The minimum absolute atomic E-state index is 0.0600. The Labute approximate surface area is 223 Å². The third-order valence-electron chi connectivity index (χ3n) is 6.27. The van der Waals surface area contributed by atoms with E-state index in [1.807, 2.05) is 13.8 Å². The predicted molar refractivity (Wildman–Crippen MR) is 144 cm³/mol. The Balaban J connectivity index is 1.78. The van der Waals surface area contributed by atoms with Crippen LogP contribution in [-0.2, 0) is 16.4 Å². The maximum absolute atomic E-state index is 13.0. The van der Waals surface area contributed by atoms with Gasteiger partial charge in [-0.3, -0.25) is 4.72 Å². The molecule has 0 aliphatic carbocycles. The van der Waals surface area contributed by atoms with E-state index in [1.165, 1.54) is 0 Å². The number of aromatic nitrogens is 1. The lowest BCUT2D eigenvalue weighted by Crippen LogP contribution is -2.43. The molecule has 0 saturated carbocycles. The molecule has 0 bridgehead atoms. The van der Waals surface area contributed by atoms with Crippen LogP contribution in [0.3, 0.4) is 0 Å². The first-order chi connectivity index (χ1) is 17.3. The summed E-state index contributed by atoms with van der Waals surface area (Å²) in [5.41, 5.74) is 0.796. The van der Waals surface area contributed by atoms with E-state index in [2.05, 4.69) is 20.1 Å². The number of hydrogen-bond donors (Lipinski definition) is 2. The second-order valence-corrected chi connectivity index (χ2v) is 11.4. The molecule has 0 radical (unpaired) electrons. The highest BCUT2D eigenvalue weighted by Crippen LogP contribution is 2.40. The van der Waals surface area contributed by atoms with Gasteiger partial charge in [0, 0.05) is 31.6 Å². The summed E-state index contributed by atoms with van der Waals surface area (Å²) in [6.07, 6.45) is 3.85. The van der Waals surface area contributed by atoms with Crippen LogP contribution in [0, 0.1) is 0 Å². The Bertz CT molecular complexity index is 1100. The van der Waals surface area contributed by atoms with Gasteiger partial charge in [-0.15, -0.1) is 0 Å².